The van der Waals surface area contributed by atoms with Crippen molar-refractivity contribution in [1.29, 1.82) is 0 Å². The van der Waals surface area contributed by atoms with Crippen molar-refractivity contribution in [2.45, 2.75) is 63.2 Å². The van der Waals surface area contributed by atoms with Crippen molar-refractivity contribution >= 4 is 5.78 Å². The summed E-state index contributed by atoms with van der Waals surface area (Å²) >= 11 is 0. The Bertz CT molecular complexity index is 640. The van der Waals surface area contributed by atoms with E-state index in [1.165, 1.54) is 12.4 Å². The first-order valence-electron chi connectivity index (χ1n) is 8.90. The Morgan fingerprint density at radius 2 is 1.85 bits per heavy atom. The molecule has 10 heteroatoms. The first kappa shape index (κ1) is 20.0. The lowest BCUT2D eigenvalue weighted by Crippen LogP contribution is -2.60. The van der Waals surface area contributed by atoms with Crippen LogP contribution in [0.2, 0.25) is 0 Å². The van der Waals surface area contributed by atoms with Crippen molar-refractivity contribution < 1.29 is 31.1 Å². The van der Waals surface area contributed by atoms with Gasteiger partial charge in [-0.05, 0) is 37.7 Å². The highest BCUT2D eigenvalue weighted by Crippen LogP contribution is 2.34. The van der Waals surface area contributed by atoms with Gasteiger partial charge in [-0.25, -0.2) is 0 Å². The van der Waals surface area contributed by atoms with Gasteiger partial charge in [-0.1, -0.05) is 0 Å². The second-order valence-corrected chi connectivity index (χ2v) is 7.13. The molecule has 0 amide bonds. The summed E-state index contributed by atoms with van der Waals surface area (Å²) < 4.78 is 76.4. The number of carbonyl (C=O) groups excluding carboxylic acids is 1. The van der Waals surface area contributed by atoms with Crippen molar-refractivity contribution in [1.82, 2.24) is 15.1 Å². The molecule has 2 unspecified atom stereocenters. The van der Waals surface area contributed by atoms with Crippen LogP contribution in [-0.4, -0.2) is 53.4 Å². The third-order valence-electron chi connectivity index (χ3n) is 5.10. The number of nitrogens with zero attached hydrogens (tertiary/aromatic N) is 2. The van der Waals surface area contributed by atoms with Gasteiger partial charge < -0.3 is 9.80 Å². The topological polar surface area (TPSA) is 35.6 Å². The van der Waals surface area contributed by atoms with Gasteiger partial charge in [0.1, 0.15) is 6.17 Å². The molecular formula is C17H21F6N3O. The lowest BCUT2D eigenvalue weighted by molar-refractivity contribution is -0.167. The number of hydrogen-bond acceptors (Lipinski definition) is 4. The van der Waals surface area contributed by atoms with Crippen LogP contribution in [0.1, 0.15) is 38.5 Å². The summed E-state index contributed by atoms with van der Waals surface area (Å²) in [5.41, 5.74) is -0.0274. The normalized spacial score (nSPS) is 27.0. The molecule has 0 saturated carbocycles. The average molecular weight is 397 g/mol. The van der Waals surface area contributed by atoms with Gasteiger partial charge in [0.2, 0.25) is 0 Å². The fraction of sp³-hybridized carbons (Fsp3) is 0.706. The molecule has 0 aromatic carbocycles. The Kier molecular flexibility index (Phi) is 5.47. The number of hydrogen-bond donors (Lipinski definition) is 1. The number of Topliss-reactive ketones (excluding diaryl/α,β-unsaturated/α-hetero) is 1. The molecule has 0 radical (unpaired) electrons. The molecule has 3 aliphatic rings. The number of alkyl halides is 6. The van der Waals surface area contributed by atoms with E-state index in [-0.39, 0.29) is 29.9 Å². The summed E-state index contributed by atoms with van der Waals surface area (Å²) in [6.07, 6.45) is -6.23. The van der Waals surface area contributed by atoms with Gasteiger partial charge in [0.05, 0.1) is 12.6 Å². The predicted octanol–water partition coefficient (Wildman–Crippen LogP) is 3.68. The summed E-state index contributed by atoms with van der Waals surface area (Å²) in [7, 11) is 0. The molecule has 3 heterocycles. The fourth-order valence-electron chi connectivity index (χ4n) is 3.98. The van der Waals surface area contributed by atoms with E-state index in [1.807, 2.05) is 0 Å². The number of allylic oxidation sites excluding steroid dienone is 2. The molecule has 2 atom stereocenters. The third-order valence-corrected chi connectivity index (χ3v) is 5.10. The maximum absolute atomic E-state index is 12.8. The van der Waals surface area contributed by atoms with Crippen LogP contribution in [-0.2, 0) is 4.79 Å². The summed E-state index contributed by atoms with van der Waals surface area (Å²) in [5.74, 6) is -1.85. The lowest BCUT2D eigenvalue weighted by atomic mass is 9.97. The number of rotatable bonds is 3. The van der Waals surface area contributed by atoms with Crippen molar-refractivity contribution in [3.63, 3.8) is 0 Å². The SMILES string of the molecule is O=C(C1=CN2C(CC1)NCCC2N1C=C(CC(F)(F)F)CCC1)C(F)(F)F. The number of carbonyl (C=O) groups is 1. The molecule has 4 nitrogen and oxygen atoms in total. The Labute approximate surface area is 152 Å². The standard InChI is InChI=1S/C17H21F6N3O/c18-16(19,20)8-11-2-1-7-25(9-11)14-5-6-24-13-4-3-12(10-26(13)14)15(27)17(21,22)23/h9-10,13-14,24H,1-8H2. The molecule has 0 aromatic rings. The van der Waals surface area contributed by atoms with E-state index < -0.39 is 24.6 Å². The molecule has 0 spiro atoms. The summed E-state index contributed by atoms with van der Waals surface area (Å²) in [5, 5.41) is 3.20. The van der Waals surface area contributed by atoms with Crippen molar-refractivity contribution in [2.24, 2.45) is 0 Å². The van der Waals surface area contributed by atoms with Crippen LogP contribution >= 0.6 is 0 Å². The number of nitrogens with one attached hydrogen (secondary N) is 1. The first-order valence-corrected chi connectivity index (χ1v) is 8.90. The Morgan fingerprint density at radius 3 is 2.52 bits per heavy atom. The maximum atomic E-state index is 12.8. The van der Waals surface area contributed by atoms with Gasteiger partial charge >= 0.3 is 12.4 Å². The zero-order valence-electron chi connectivity index (χ0n) is 14.5. The van der Waals surface area contributed by atoms with E-state index in [9.17, 15) is 31.1 Å². The first-order chi connectivity index (χ1) is 12.5. The monoisotopic (exact) mass is 397 g/mol. The van der Waals surface area contributed by atoms with E-state index in [4.69, 9.17) is 0 Å². The molecule has 27 heavy (non-hydrogen) atoms. The van der Waals surface area contributed by atoms with Crippen LogP contribution in [0.4, 0.5) is 26.3 Å². The molecule has 0 bridgehead atoms. The quantitative estimate of drug-likeness (QED) is 0.738. The minimum Gasteiger partial charge on any atom is -0.357 e. The molecule has 3 aliphatic heterocycles. The minimum absolute atomic E-state index is 0.0222. The summed E-state index contributed by atoms with van der Waals surface area (Å²) in [6, 6.07) is 0. The van der Waals surface area contributed by atoms with Crippen LogP contribution in [0.15, 0.2) is 23.5 Å². The van der Waals surface area contributed by atoms with E-state index in [1.54, 1.807) is 9.80 Å². The Hall–Kier alpha value is -1.71. The van der Waals surface area contributed by atoms with Crippen molar-refractivity contribution in [3.8, 4) is 0 Å². The highest BCUT2D eigenvalue weighted by atomic mass is 19.4. The second kappa shape index (κ2) is 7.37. The van der Waals surface area contributed by atoms with E-state index in [0.717, 1.165) is 0 Å². The molecule has 3 rings (SSSR count). The van der Waals surface area contributed by atoms with Crippen LogP contribution in [0.25, 0.3) is 0 Å². The number of ketones is 1. The lowest BCUT2D eigenvalue weighted by Gasteiger charge is -2.49. The highest BCUT2D eigenvalue weighted by molar-refractivity contribution is 5.99. The summed E-state index contributed by atoms with van der Waals surface area (Å²) in [4.78, 5) is 15.0. The smallest absolute Gasteiger partial charge is 0.357 e. The predicted molar refractivity (Wildman–Crippen MR) is 85.1 cm³/mol. The van der Waals surface area contributed by atoms with Crippen molar-refractivity contribution in [2.75, 3.05) is 13.1 Å². The molecule has 0 aromatic heterocycles. The van der Waals surface area contributed by atoms with Crippen LogP contribution in [0, 0.1) is 0 Å². The van der Waals surface area contributed by atoms with Gasteiger partial charge in [-0.2, -0.15) is 26.3 Å². The van der Waals surface area contributed by atoms with E-state index >= 15 is 0 Å². The maximum Gasteiger partial charge on any atom is 0.454 e. The largest absolute Gasteiger partial charge is 0.454 e. The van der Waals surface area contributed by atoms with Gasteiger partial charge in [0.25, 0.3) is 5.78 Å². The third kappa shape index (κ3) is 4.77. The van der Waals surface area contributed by atoms with E-state index in [2.05, 4.69) is 5.32 Å². The highest BCUT2D eigenvalue weighted by Gasteiger charge is 2.43. The van der Waals surface area contributed by atoms with Crippen LogP contribution in [0.5, 0.6) is 0 Å². The van der Waals surface area contributed by atoms with E-state index in [0.29, 0.717) is 38.8 Å². The Morgan fingerprint density at radius 1 is 1.11 bits per heavy atom. The minimum atomic E-state index is -4.93. The summed E-state index contributed by atoms with van der Waals surface area (Å²) in [6.45, 7) is 1.15. The molecular weight excluding hydrogens is 376 g/mol. The average Bonchev–Trinajstić information content (AvgIpc) is 2.58. The fourth-order valence-corrected chi connectivity index (χ4v) is 3.98. The van der Waals surface area contributed by atoms with Crippen LogP contribution in [0.3, 0.4) is 0 Å². The van der Waals surface area contributed by atoms with Gasteiger partial charge in [-0.15, -0.1) is 0 Å². The molecule has 1 N–H and O–H groups in total. The zero-order chi connectivity index (χ0) is 19.8. The number of fused-ring (bicyclic) bond motifs is 1. The molecule has 1 saturated heterocycles. The molecule has 1 fully saturated rings. The molecule has 152 valence electrons. The number of halogens is 6. The Balaban J connectivity index is 1.82. The van der Waals surface area contributed by atoms with Gasteiger partial charge in [0.15, 0.2) is 0 Å². The second-order valence-electron chi connectivity index (χ2n) is 7.13. The van der Waals surface area contributed by atoms with Crippen molar-refractivity contribution in [3.05, 3.63) is 23.5 Å². The zero-order valence-corrected chi connectivity index (χ0v) is 14.5. The van der Waals surface area contributed by atoms with Gasteiger partial charge in [0, 0.05) is 31.1 Å². The van der Waals surface area contributed by atoms with Gasteiger partial charge in [-0.3, -0.25) is 10.1 Å². The molecule has 0 aliphatic carbocycles. The van der Waals surface area contributed by atoms with Crippen LogP contribution < -0.4 is 5.32 Å².